The minimum Gasteiger partial charge on any atom is -0.384 e. The van der Waals surface area contributed by atoms with Crippen molar-refractivity contribution >= 4 is 50.7 Å². The maximum absolute atomic E-state index is 3.54. The summed E-state index contributed by atoms with van der Waals surface area (Å²) in [6.45, 7) is 12.7. The van der Waals surface area contributed by atoms with Gasteiger partial charge in [-0.15, -0.1) is 0 Å². The molecule has 1 atom stereocenters. The van der Waals surface area contributed by atoms with E-state index in [1.165, 1.54) is 49.7 Å². The Morgan fingerprint density at radius 3 is 1.78 bits per heavy atom. The zero-order valence-electron chi connectivity index (χ0n) is 24.8. The predicted molar refractivity (Wildman–Crippen MR) is 183 cm³/mol. The number of nitrogens with zero attached hydrogens (tertiary/aromatic N) is 1. The molecule has 2 aromatic carbocycles. The van der Waals surface area contributed by atoms with E-state index in [9.17, 15) is 0 Å². The van der Waals surface area contributed by atoms with Gasteiger partial charge in [0.15, 0.2) is 12.4 Å². The Morgan fingerprint density at radius 2 is 1.29 bits per heavy atom. The number of benzene rings is 2. The molecule has 4 nitrogen and oxygen atoms in total. The first kappa shape index (κ1) is 30.8. The Labute approximate surface area is 254 Å². The minimum absolute atomic E-state index is 0.958. The Kier molecular flexibility index (Phi) is 12.2. The second-order valence-corrected chi connectivity index (χ2v) is 12.9. The maximum Gasteiger partial charge on any atom is 0.169 e. The standard InChI is InChI=1S/C35H42N4S2/c1-5-38-20-15-32(16-21-38)28(3)25-30-7-11-34(12-8-30)36-18-23-40-41-24-19-37-35-13-9-31(10-14-35)26-29(4)33-17-22-39(6-2)27-33/h7-17,20-22,25-27,37H,5-6,18-19,23-24H2,1-4H3/p+2/b29-26+. The van der Waals surface area contributed by atoms with Crippen molar-refractivity contribution in [2.45, 2.75) is 34.2 Å². The SMILES string of the molecule is CC[n+]1ccc(/C(C)=C/c2ccc(NCCSSCCNc3ccc(/C=C(\C)C4=C[NH+](CC)C=C4)cc3)cc2)cc1. The lowest BCUT2D eigenvalue weighted by molar-refractivity contribution is -0.785. The van der Waals surface area contributed by atoms with Crippen LogP contribution in [-0.4, -0.2) is 31.1 Å². The smallest absolute Gasteiger partial charge is 0.169 e. The molecule has 1 aliphatic heterocycles. The molecule has 0 saturated heterocycles. The molecule has 1 aliphatic rings. The first-order valence-corrected chi connectivity index (χ1v) is 17.1. The van der Waals surface area contributed by atoms with Crippen molar-refractivity contribution < 1.29 is 9.47 Å². The molecule has 3 aromatic rings. The highest BCUT2D eigenvalue weighted by Crippen LogP contribution is 2.22. The lowest BCUT2D eigenvalue weighted by Crippen LogP contribution is -3.01. The number of hydrogen-bond acceptors (Lipinski definition) is 4. The fraction of sp³-hybridized carbons (Fsp3) is 0.286. The summed E-state index contributed by atoms with van der Waals surface area (Å²) in [7, 11) is 3.85. The number of aromatic nitrogens is 1. The lowest BCUT2D eigenvalue weighted by Gasteiger charge is -2.08. The van der Waals surface area contributed by atoms with Crippen molar-refractivity contribution in [3.63, 3.8) is 0 Å². The first-order chi connectivity index (χ1) is 20.0. The average molecular weight is 585 g/mol. The summed E-state index contributed by atoms with van der Waals surface area (Å²) in [5.74, 6) is 2.14. The first-order valence-electron chi connectivity index (χ1n) is 14.6. The molecule has 0 bridgehead atoms. The maximum atomic E-state index is 3.54. The van der Waals surface area contributed by atoms with Crippen LogP contribution in [0.1, 0.15) is 44.4 Å². The van der Waals surface area contributed by atoms with Crippen LogP contribution in [-0.2, 0) is 6.54 Å². The predicted octanol–water partition coefficient (Wildman–Crippen LogP) is 7.18. The number of hydrogen-bond donors (Lipinski definition) is 3. The van der Waals surface area contributed by atoms with Gasteiger partial charge in [-0.1, -0.05) is 58.0 Å². The van der Waals surface area contributed by atoms with Crippen LogP contribution in [0.15, 0.2) is 103 Å². The van der Waals surface area contributed by atoms with Crippen LogP contribution in [0.25, 0.3) is 17.7 Å². The van der Waals surface area contributed by atoms with Gasteiger partial charge in [0, 0.05) is 59.8 Å². The van der Waals surface area contributed by atoms with Crippen LogP contribution in [0.5, 0.6) is 0 Å². The monoisotopic (exact) mass is 584 g/mol. The second-order valence-electron chi connectivity index (χ2n) is 10.2. The topological polar surface area (TPSA) is 32.4 Å². The van der Waals surface area contributed by atoms with Crippen molar-refractivity contribution in [2.24, 2.45) is 0 Å². The van der Waals surface area contributed by atoms with E-state index < -0.39 is 0 Å². The molecule has 3 N–H and O–H groups in total. The summed E-state index contributed by atoms with van der Waals surface area (Å²) >= 11 is 0. The molecule has 1 aromatic heterocycles. The number of rotatable bonds is 15. The molecule has 4 rings (SSSR count). The summed E-state index contributed by atoms with van der Waals surface area (Å²) in [4.78, 5) is 1.40. The summed E-state index contributed by atoms with van der Waals surface area (Å²) in [6.07, 6.45) is 15.5. The Morgan fingerprint density at radius 1 is 0.756 bits per heavy atom. The van der Waals surface area contributed by atoms with Gasteiger partial charge >= 0.3 is 0 Å². The van der Waals surface area contributed by atoms with Crippen molar-refractivity contribution in [3.8, 4) is 0 Å². The van der Waals surface area contributed by atoms with Gasteiger partial charge in [0.25, 0.3) is 0 Å². The third-order valence-corrected chi connectivity index (χ3v) is 9.50. The van der Waals surface area contributed by atoms with Gasteiger partial charge in [-0.3, -0.25) is 4.90 Å². The number of quaternary nitrogens is 1. The summed E-state index contributed by atoms with van der Waals surface area (Å²) < 4.78 is 2.18. The molecule has 0 radical (unpaired) electrons. The van der Waals surface area contributed by atoms with Gasteiger partial charge in [-0.25, -0.2) is 4.57 Å². The molecule has 0 amide bonds. The van der Waals surface area contributed by atoms with Crippen LogP contribution in [0.2, 0.25) is 0 Å². The molecule has 0 saturated carbocycles. The van der Waals surface area contributed by atoms with E-state index in [4.69, 9.17) is 0 Å². The van der Waals surface area contributed by atoms with Crippen LogP contribution in [0.4, 0.5) is 11.4 Å². The van der Waals surface area contributed by atoms with Crippen molar-refractivity contribution in [1.29, 1.82) is 0 Å². The fourth-order valence-corrected chi connectivity index (χ4v) is 6.36. The Bertz CT molecular complexity index is 1350. The highest BCUT2D eigenvalue weighted by Gasteiger charge is 2.10. The molecule has 0 fully saturated rings. The number of anilines is 2. The highest BCUT2D eigenvalue weighted by molar-refractivity contribution is 8.76. The van der Waals surface area contributed by atoms with Gasteiger partial charge in [0.1, 0.15) is 12.7 Å². The van der Waals surface area contributed by atoms with Crippen molar-refractivity contribution in [2.75, 3.05) is 41.8 Å². The quantitative estimate of drug-likeness (QED) is 0.100. The fourth-order valence-electron chi connectivity index (χ4n) is 4.54. The van der Waals surface area contributed by atoms with Gasteiger partial charge in [-0.2, -0.15) is 0 Å². The molecule has 0 aliphatic carbocycles. The van der Waals surface area contributed by atoms with E-state index in [0.29, 0.717) is 0 Å². The minimum atomic E-state index is 0.958. The van der Waals surface area contributed by atoms with E-state index >= 15 is 0 Å². The molecule has 6 heteroatoms. The molecule has 41 heavy (non-hydrogen) atoms. The van der Waals surface area contributed by atoms with Gasteiger partial charge < -0.3 is 10.6 Å². The summed E-state index contributed by atoms with van der Waals surface area (Å²) in [5, 5.41) is 7.08. The number of pyridine rings is 1. The zero-order chi connectivity index (χ0) is 28.9. The van der Waals surface area contributed by atoms with Gasteiger partial charge in [0.05, 0.1) is 12.7 Å². The largest absolute Gasteiger partial charge is 0.384 e. The Balaban J connectivity index is 1.09. The lowest BCUT2D eigenvalue weighted by atomic mass is 10.1. The van der Waals surface area contributed by atoms with Crippen LogP contribution in [0.3, 0.4) is 0 Å². The second kappa shape index (κ2) is 16.3. The van der Waals surface area contributed by atoms with E-state index in [1.807, 2.05) is 21.6 Å². The zero-order valence-corrected chi connectivity index (χ0v) is 26.5. The average Bonchev–Trinajstić information content (AvgIpc) is 3.50. The molecular weight excluding hydrogens is 541 g/mol. The number of aryl methyl sites for hydroxylation is 1. The summed E-state index contributed by atoms with van der Waals surface area (Å²) in [6, 6.07) is 21.8. The van der Waals surface area contributed by atoms with E-state index in [2.05, 4.69) is 147 Å². The molecule has 214 valence electrons. The molecule has 0 spiro atoms. The van der Waals surface area contributed by atoms with E-state index in [1.54, 1.807) is 0 Å². The van der Waals surface area contributed by atoms with Crippen LogP contribution >= 0.6 is 21.6 Å². The van der Waals surface area contributed by atoms with Gasteiger partial charge in [0.2, 0.25) is 0 Å². The molecule has 2 heterocycles. The van der Waals surface area contributed by atoms with Gasteiger partial charge in [-0.05, 0) is 79.8 Å². The van der Waals surface area contributed by atoms with Crippen LogP contribution < -0.4 is 20.1 Å². The third-order valence-electron chi connectivity index (χ3n) is 7.09. The van der Waals surface area contributed by atoms with Crippen molar-refractivity contribution in [3.05, 3.63) is 119 Å². The molecule has 1 unspecified atom stereocenters. The highest BCUT2D eigenvalue weighted by atomic mass is 33.1. The third kappa shape index (κ3) is 9.99. The Hall–Kier alpha value is -3.19. The number of nitrogens with one attached hydrogen (secondary N) is 3. The summed E-state index contributed by atoms with van der Waals surface area (Å²) in [5.41, 5.74) is 9.97. The normalized spacial score (nSPS) is 15.2. The van der Waals surface area contributed by atoms with Crippen molar-refractivity contribution in [1.82, 2.24) is 0 Å². The molecular formula is C35H44N4S2+2. The van der Waals surface area contributed by atoms with E-state index in [-0.39, 0.29) is 0 Å². The number of allylic oxidation sites excluding steroid dienone is 4. The van der Waals surface area contributed by atoms with E-state index in [0.717, 1.165) is 37.7 Å². The van der Waals surface area contributed by atoms with Crippen LogP contribution in [0, 0.1) is 0 Å².